The molecule has 0 spiro atoms. The molecule has 0 heterocycles. The summed E-state index contributed by atoms with van der Waals surface area (Å²) in [7, 11) is 0. The van der Waals surface area contributed by atoms with Crippen molar-refractivity contribution in [1.82, 2.24) is 0 Å². The molecule has 0 aliphatic carbocycles. The van der Waals surface area contributed by atoms with Gasteiger partial charge in [0.15, 0.2) is 6.10 Å². The van der Waals surface area contributed by atoms with Crippen LogP contribution in [0.1, 0.15) is 374 Å². The van der Waals surface area contributed by atoms with E-state index in [9.17, 15) is 14.4 Å². The van der Waals surface area contributed by atoms with Crippen LogP contribution in [0.5, 0.6) is 0 Å². The lowest BCUT2D eigenvalue weighted by Crippen LogP contribution is -2.30. The van der Waals surface area contributed by atoms with Crippen molar-refractivity contribution >= 4 is 17.9 Å². The predicted molar refractivity (Wildman–Crippen MR) is 321 cm³/mol. The zero-order valence-corrected chi connectivity index (χ0v) is 50.1. The van der Waals surface area contributed by atoms with Crippen LogP contribution in [0.4, 0.5) is 0 Å². The summed E-state index contributed by atoms with van der Waals surface area (Å²) >= 11 is 0. The minimum absolute atomic E-state index is 0.0707. The van der Waals surface area contributed by atoms with E-state index >= 15 is 0 Å². The second-order valence-corrected chi connectivity index (χ2v) is 22.7. The Kier molecular flexibility index (Phi) is 61.6. The van der Waals surface area contributed by atoms with Crippen molar-refractivity contribution in [2.24, 2.45) is 0 Å². The van der Waals surface area contributed by atoms with Gasteiger partial charge in [0.1, 0.15) is 13.2 Å². The Morgan fingerprint density at radius 3 is 0.703 bits per heavy atom. The molecule has 74 heavy (non-hydrogen) atoms. The van der Waals surface area contributed by atoms with Gasteiger partial charge in [0.05, 0.1) is 0 Å². The van der Waals surface area contributed by atoms with Crippen LogP contribution in [0.3, 0.4) is 0 Å². The van der Waals surface area contributed by atoms with Crippen molar-refractivity contribution in [2.75, 3.05) is 13.2 Å². The van der Waals surface area contributed by atoms with Gasteiger partial charge in [0.2, 0.25) is 0 Å². The van der Waals surface area contributed by atoms with E-state index in [2.05, 4.69) is 45.1 Å². The molecular weight excluding hydrogens is 913 g/mol. The van der Waals surface area contributed by atoms with Gasteiger partial charge in [-0.15, -0.1) is 0 Å². The molecule has 0 bridgehead atoms. The Morgan fingerprint density at radius 1 is 0.257 bits per heavy atom. The van der Waals surface area contributed by atoms with Crippen LogP contribution in [-0.2, 0) is 28.6 Å². The fraction of sp³-hybridized carbons (Fsp3) is 0.897. The van der Waals surface area contributed by atoms with Crippen LogP contribution in [0, 0.1) is 0 Å². The number of carbonyl (C=O) groups excluding carboxylic acids is 3. The van der Waals surface area contributed by atoms with Crippen molar-refractivity contribution in [1.29, 1.82) is 0 Å². The summed E-state index contributed by atoms with van der Waals surface area (Å²) < 4.78 is 16.9. The molecule has 1 unspecified atom stereocenters. The van der Waals surface area contributed by atoms with Gasteiger partial charge in [0, 0.05) is 19.3 Å². The zero-order chi connectivity index (χ0) is 53.6. The fourth-order valence-corrected chi connectivity index (χ4v) is 10.1. The normalized spacial score (nSPS) is 12.1. The summed E-state index contributed by atoms with van der Waals surface area (Å²) in [5.41, 5.74) is 0. The molecule has 0 aliphatic heterocycles. The second-order valence-electron chi connectivity index (χ2n) is 22.7. The number of hydrogen-bond donors (Lipinski definition) is 0. The summed E-state index contributed by atoms with van der Waals surface area (Å²) in [4.78, 5) is 38.3. The Balaban J connectivity index is 4.19. The molecule has 6 nitrogen and oxygen atoms in total. The lowest BCUT2D eigenvalue weighted by molar-refractivity contribution is -0.167. The molecule has 0 amide bonds. The van der Waals surface area contributed by atoms with E-state index in [-0.39, 0.29) is 31.1 Å². The molecule has 436 valence electrons. The molecule has 0 aromatic carbocycles. The summed E-state index contributed by atoms with van der Waals surface area (Å²) in [5, 5.41) is 0. The van der Waals surface area contributed by atoms with Gasteiger partial charge in [0.25, 0.3) is 0 Å². The summed E-state index contributed by atoms with van der Waals surface area (Å²) in [5.74, 6) is -0.859. The minimum Gasteiger partial charge on any atom is -0.462 e. The molecule has 0 radical (unpaired) electrons. The Labute approximate surface area is 462 Å². The molecule has 6 heteroatoms. The van der Waals surface area contributed by atoms with Gasteiger partial charge >= 0.3 is 17.9 Å². The molecule has 0 aromatic rings. The van der Waals surface area contributed by atoms with Gasteiger partial charge < -0.3 is 14.2 Å². The van der Waals surface area contributed by atoms with Crippen molar-refractivity contribution in [3.05, 3.63) is 24.3 Å². The number of hydrogen-bond acceptors (Lipinski definition) is 6. The highest BCUT2D eigenvalue weighted by molar-refractivity contribution is 5.71. The highest BCUT2D eigenvalue weighted by atomic mass is 16.6. The van der Waals surface area contributed by atoms with Crippen LogP contribution < -0.4 is 0 Å². The highest BCUT2D eigenvalue weighted by Crippen LogP contribution is 2.18. The number of allylic oxidation sites excluding steroid dienone is 4. The molecule has 0 aromatic heterocycles. The third-order valence-electron chi connectivity index (χ3n) is 15.2. The molecule has 0 saturated carbocycles. The van der Waals surface area contributed by atoms with Crippen LogP contribution in [0.2, 0.25) is 0 Å². The number of ether oxygens (including phenoxy) is 3. The first-order chi connectivity index (χ1) is 36.5. The molecule has 0 rings (SSSR count). The van der Waals surface area contributed by atoms with E-state index < -0.39 is 6.10 Å². The Hall–Kier alpha value is -2.11. The summed E-state index contributed by atoms with van der Waals surface area (Å²) in [6.07, 6.45) is 76.3. The number of unbranched alkanes of at least 4 members (excludes halogenated alkanes) is 47. The average molecular weight is 1040 g/mol. The average Bonchev–Trinajstić information content (AvgIpc) is 3.40. The van der Waals surface area contributed by atoms with E-state index in [1.807, 2.05) is 0 Å². The summed E-state index contributed by atoms with van der Waals surface area (Å²) in [6, 6.07) is 0. The monoisotopic (exact) mass is 1040 g/mol. The first-order valence-corrected chi connectivity index (χ1v) is 33.3. The molecular formula is C68H128O6. The SMILES string of the molecule is CCCCC/C=C\CCCCCCCC(=O)OCC(COC(=O)CCCCCCCCCCCCCCCCCCCCCCCCCCCC)OC(=O)CCCCCCCCC/C=C\CCCCCCCCC. The predicted octanol–water partition coefficient (Wildman–Crippen LogP) is 22.6. The van der Waals surface area contributed by atoms with Crippen LogP contribution in [0.15, 0.2) is 24.3 Å². The van der Waals surface area contributed by atoms with Gasteiger partial charge in [-0.05, 0) is 70.6 Å². The topological polar surface area (TPSA) is 78.9 Å². The molecule has 0 aliphatic rings. The maximum absolute atomic E-state index is 12.9. The maximum atomic E-state index is 12.9. The van der Waals surface area contributed by atoms with E-state index in [1.54, 1.807) is 0 Å². The molecule has 0 saturated heterocycles. The van der Waals surface area contributed by atoms with Crippen molar-refractivity contribution in [3.8, 4) is 0 Å². The second kappa shape index (κ2) is 63.4. The molecule has 0 N–H and O–H groups in total. The van der Waals surface area contributed by atoms with E-state index in [1.165, 1.54) is 270 Å². The van der Waals surface area contributed by atoms with E-state index in [4.69, 9.17) is 14.2 Å². The quantitative estimate of drug-likeness (QED) is 0.0261. The number of esters is 3. The standard InChI is InChI=1S/C68H128O6/c1-4-7-10-13-16-19-22-25-27-29-31-32-33-34-35-36-37-38-40-41-43-46-49-52-55-58-61-67(70)73-64-65(63-72-66(69)60-57-54-51-48-45-24-21-18-15-12-9-6-3)74-68(71)62-59-56-53-50-47-44-42-39-30-28-26-23-20-17-14-11-8-5-2/h18,21,28,30,65H,4-17,19-20,22-27,29,31-64H2,1-3H3/b21-18-,30-28-. The molecule has 1 atom stereocenters. The fourth-order valence-electron chi connectivity index (χ4n) is 10.1. The van der Waals surface area contributed by atoms with Crippen LogP contribution in [-0.4, -0.2) is 37.2 Å². The smallest absolute Gasteiger partial charge is 0.306 e. The van der Waals surface area contributed by atoms with Gasteiger partial charge in [-0.1, -0.05) is 308 Å². The van der Waals surface area contributed by atoms with Gasteiger partial charge in [-0.25, -0.2) is 0 Å². The number of rotatable bonds is 62. The van der Waals surface area contributed by atoms with Crippen molar-refractivity contribution in [3.63, 3.8) is 0 Å². The van der Waals surface area contributed by atoms with Crippen LogP contribution in [0.25, 0.3) is 0 Å². The highest BCUT2D eigenvalue weighted by Gasteiger charge is 2.19. The Bertz CT molecular complexity index is 1190. The molecule has 0 fully saturated rings. The van der Waals surface area contributed by atoms with Crippen molar-refractivity contribution in [2.45, 2.75) is 380 Å². The van der Waals surface area contributed by atoms with E-state index in [0.29, 0.717) is 19.3 Å². The number of carbonyl (C=O) groups is 3. The maximum Gasteiger partial charge on any atom is 0.306 e. The largest absolute Gasteiger partial charge is 0.462 e. The van der Waals surface area contributed by atoms with Gasteiger partial charge in [-0.2, -0.15) is 0 Å². The first kappa shape index (κ1) is 71.9. The Morgan fingerprint density at radius 2 is 0.446 bits per heavy atom. The van der Waals surface area contributed by atoms with Gasteiger partial charge in [-0.3, -0.25) is 14.4 Å². The van der Waals surface area contributed by atoms with E-state index in [0.717, 1.165) is 64.2 Å². The summed E-state index contributed by atoms with van der Waals surface area (Å²) in [6.45, 7) is 6.67. The lowest BCUT2D eigenvalue weighted by Gasteiger charge is -2.18. The lowest BCUT2D eigenvalue weighted by atomic mass is 10.0. The third-order valence-corrected chi connectivity index (χ3v) is 15.2. The third kappa shape index (κ3) is 60.8. The first-order valence-electron chi connectivity index (χ1n) is 33.3. The van der Waals surface area contributed by atoms with Crippen LogP contribution >= 0.6 is 0 Å². The zero-order valence-electron chi connectivity index (χ0n) is 50.1. The minimum atomic E-state index is -0.774. The van der Waals surface area contributed by atoms with Crippen molar-refractivity contribution < 1.29 is 28.6 Å².